The number of piperidine rings is 1. The van der Waals surface area contributed by atoms with Gasteiger partial charge in [0, 0.05) is 13.1 Å². The van der Waals surface area contributed by atoms with Crippen LogP contribution >= 0.6 is 11.6 Å². The summed E-state index contributed by atoms with van der Waals surface area (Å²) in [6.07, 6.45) is 0.326. The number of hydrogen-bond acceptors (Lipinski definition) is 13. The number of benzene rings is 1. The standard InChI is InChI=1S/C27H32ClN11O4/c1-5-32-23-24-33-12-16(11-30)39(24)37-26(36-23)34-18-8-15(10-29)9-19(21(18)28)38-7-6-17(35-27(41)42-4)20(13-38)43-25(40)22(31)14(2)3/h8-9,12,14,17,20,22H,5-7,13,31H2,1-4H3,(H,35,41)(H2,32,34,36,37). The van der Waals surface area contributed by atoms with Crippen molar-refractivity contribution >= 4 is 52.5 Å². The van der Waals surface area contributed by atoms with Gasteiger partial charge in [-0.25, -0.2) is 9.78 Å². The summed E-state index contributed by atoms with van der Waals surface area (Å²) < 4.78 is 11.9. The molecule has 0 spiro atoms. The summed E-state index contributed by atoms with van der Waals surface area (Å²) in [7, 11) is 1.25. The van der Waals surface area contributed by atoms with Crippen LogP contribution in [-0.2, 0) is 14.3 Å². The van der Waals surface area contributed by atoms with Gasteiger partial charge in [-0.05, 0) is 31.4 Å². The van der Waals surface area contributed by atoms with Gasteiger partial charge < -0.3 is 36.1 Å². The number of hydrogen-bond donors (Lipinski definition) is 4. The number of nitriles is 2. The van der Waals surface area contributed by atoms with E-state index >= 15 is 0 Å². The van der Waals surface area contributed by atoms with Crippen LogP contribution in [0.25, 0.3) is 5.65 Å². The third kappa shape index (κ3) is 6.80. The number of alkyl carbamates (subject to hydrolysis) is 1. The van der Waals surface area contributed by atoms with Crippen molar-refractivity contribution in [3.8, 4) is 12.1 Å². The molecule has 1 fully saturated rings. The predicted molar refractivity (Wildman–Crippen MR) is 158 cm³/mol. The van der Waals surface area contributed by atoms with Crippen molar-refractivity contribution in [2.45, 2.75) is 45.4 Å². The number of anilines is 4. The minimum atomic E-state index is -0.850. The number of carbonyl (C=O) groups is 2. The van der Waals surface area contributed by atoms with Crippen LogP contribution in [0.5, 0.6) is 0 Å². The van der Waals surface area contributed by atoms with Gasteiger partial charge in [-0.1, -0.05) is 25.4 Å². The average molecular weight is 610 g/mol. The fourth-order valence-electron chi connectivity index (χ4n) is 4.54. The van der Waals surface area contributed by atoms with Crippen molar-refractivity contribution in [1.29, 1.82) is 10.5 Å². The number of rotatable bonds is 9. The van der Waals surface area contributed by atoms with Crippen LogP contribution < -0.4 is 26.6 Å². The van der Waals surface area contributed by atoms with Gasteiger partial charge in [0.15, 0.2) is 17.2 Å². The van der Waals surface area contributed by atoms with Crippen molar-refractivity contribution in [2.75, 3.05) is 42.3 Å². The predicted octanol–water partition coefficient (Wildman–Crippen LogP) is 2.53. The molecule has 43 heavy (non-hydrogen) atoms. The van der Waals surface area contributed by atoms with Crippen LogP contribution in [0.1, 0.15) is 38.4 Å². The number of methoxy groups -OCH3 is 1. The van der Waals surface area contributed by atoms with Crippen LogP contribution in [0.3, 0.4) is 0 Å². The molecular formula is C27H32ClN11O4. The minimum absolute atomic E-state index is 0.108. The molecule has 3 aromatic rings. The molecule has 4 rings (SSSR count). The van der Waals surface area contributed by atoms with Gasteiger partial charge in [-0.2, -0.15) is 20.0 Å². The Labute approximate surface area is 252 Å². The Morgan fingerprint density at radius 1 is 1.28 bits per heavy atom. The summed E-state index contributed by atoms with van der Waals surface area (Å²) in [5, 5.41) is 32.9. The largest absolute Gasteiger partial charge is 0.457 e. The van der Waals surface area contributed by atoms with E-state index < -0.39 is 30.3 Å². The lowest BCUT2D eigenvalue weighted by atomic mass is 9.99. The maximum Gasteiger partial charge on any atom is 0.407 e. The molecule has 16 heteroatoms. The van der Waals surface area contributed by atoms with E-state index in [0.29, 0.717) is 47.9 Å². The van der Waals surface area contributed by atoms with Crippen LogP contribution in [0, 0.1) is 28.6 Å². The second kappa shape index (κ2) is 13.4. The summed E-state index contributed by atoms with van der Waals surface area (Å²) in [6, 6.07) is 5.96. The van der Waals surface area contributed by atoms with E-state index in [4.69, 9.17) is 26.8 Å². The smallest absolute Gasteiger partial charge is 0.407 e. The first-order valence-electron chi connectivity index (χ1n) is 13.6. The molecule has 1 aliphatic heterocycles. The Morgan fingerprint density at radius 3 is 2.70 bits per heavy atom. The summed E-state index contributed by atoms with van der Waals surface area (Å²) in [5.41, 5.74) is 7.72. The zero-order valence-corrected chi connectivity index (χ0v) is 24.8. The minimum Gasteiger partial charge on any atom is -0.457 e. The molecule has 1 aliphatic rings. The van der Waals surface area contributed by atoms with Gasteiger partial charge in [-0.3, -0.25) is 4.79 Å². The molecule has 2 aromatic heterocycles. The fraction of sp³-hybridized carbons (Fsp3) is 0.444. The number of imidazole rings is 1. The van der Waals surface area contributed by atoms with Gasteiger partial charge in [0.2, 0.25) is 5.95 Å². The second-order valence-electron chi connectivity index (χ2n) is 10.1. The van der Waals surface area contributed by atoms with E-state index in [-0.39, 0.29) is 29.1 Å². The number of fused-ring (bicyclic) bond motifs is 1. The summed E-state index contributed by atoms with van der Waals surface area (Å²) in [6.45, 7) is 6.60. The Kier molecular flexibility index (Phi) is 9.70. The van der Waals surface area contributed by atoms with E-state index in [1.54, 1.807) is 12.1 Å². The number of nitrogens with two attached hydrogens (primary N) is 1. The molecule has 226 valence electrons. The van der Waals surface area contributed by atoms with Gasteiger partial charge in [0.1, 0.15) is 18.2 Å². The molecule has 0 bridgehead atoms. The third-order valence-electron chi connectivity index (χ3n) is 6.90. The highest BCUT2D eigenvalue weighted by Crippen LogP contribution is 2.37. The Hall–Kier alpha value is -4.86. The first kappa shape index (κ1) is 31.1. The molecule has 5 N–H and O–H groups in total. The topological polar surface area (TPSA) is 209 Å². The lowest BCUT2D eigenvalue weighted by molar-refractivity contribution is -0.153. The number of ether oxygens (including phenoxy) is 2. The van der Waals surface area contributed by atoms with Gasteiger partial charge in [0.05, 0.1) is 53.9 Å². The molecule has 0 aliphatic carbocycles. The second-order valence-corrected chi connectivity index (χ2v) is 10.5. The third-order valence-corrected chi connectivity index (χ3v) is 7.29. The summed E-state index contributed by atoms with van der Waals surface area (Å²) in [4.78, 5) is 35.4. The quantitative estimate of drug-likeness (QED) is 0.257. The van der Waals surface area contributed by atoms with Crippen LogP contribution in [0.2, 0.25) is 5.02 Å². The number of nitrogens with zero attached hydrogens (tertiary/aromatic N) is 7. The van der Waals surface area contributed by atoms with E-state index in [9.17, 15) is 20.1 Å². The lowest BCUT2D eigenvalue weighted by Gasteiger charge is -2.40. The number of aromatic nitrogens is 4. The van der Waals surface area contributed by atoms with Crippen molar-refractivity contribution in [2.24, 2.45) is 11.7 Å². The van der Waals surface area contributed by atoms with Crippen LogP contribution in [-0.4, -0.2) is 76.6 Å². The Bertz CT molecular complexity index is 1600. The molecule has 1 aromatic carbocycles. The van der Waals surface area contributed by atoms with Crippen molar-refractivity contribution in [3.63, 3.8) is 0 Å². The lowest BCUT2D eigenvalue weighted by Crippen LogP contribution is -2.57. The normalized spacial score (nSPS) is 17.1. The number of halogens is 1. The van der Waals surface area contributed by atoms with Crippen molar-refractivity contribution in [3.05, 3.63) is 34.6 Å². The maximum atomic E-state index is 12.8. The zero-order chi connectivity index (χ0) is 31.3. The van der Waals surface area contributed by atoms with Crippen LogP contribution in [0.15, 0.2) is 18.3 Å². The summed E-state index contributed by atoms with van der Waals surface area (Å²) >= 11 is 6.89. The molecule has 3 atom stereocenters. The van der Waals surface area contributed by atoms with E-state index in [2.05, 4.69) is 37.1 Å². The molecule has 1 amide bonds. The number of carbonyl (C=O) groups excluding carboxylic acids is 2. The molecule has 0 radical (unpaired) electrons. The first-order valence-corrected chi connectivity index (χ1v) is 13.9. The molecule has 3 heterocycles. The summed E-state index contributed by atoms with van der Waals surface area (Å²) in [5.74, 6) is -0.247. The highest BCUT2D eigenvalue weighted by Gasteiger charge is 2.36. The Balaban J connectivity index is 1.68. The monoisotopic (exact) mass is 609 g/mol. The zero-order valence-electron chi connectivity index (χ0n) is 24.1. The number of amides is 1. The van der Waals surface area contributed by atoms with E-state index in [0.717, 1.165) is 0 Å². The SMILES string of the molecule is CCNc1nc(Nc2cc(C#N)cc(N3CCC(NC(=O)OC)C(OC(=O)C(N)C(C)C)C3)c2Cl)nn2c(C#N)cnc12. The molecule has 3 unspecified atom stereocenters. The number of nitrogens with one attached hydrogen (secondary N) is 3. The van der Waals surface area contributed by atoms with Crippen molar-refractivity contribution < 1.29 is 19.1 Å². The van der Waals surface area contributed by atoms with Gasteiger partial charge >= 0.3 is 12.1 Å². The van der Waals surface area contributed by atoms with Gasteiger partial charge in [-0.15, -0.1) is 5.10 Å². The van der Waals surface area contributed by atoms with Crippen LogP contribution in [0.4, 0.5) is 27.9 Å². The van der Waals surface area contributed by atoms with Gasteiger partial charge in [0.25, 0.3) is 0 Å². The molecule has 15 nitrogen and oxygen atoms in total. The highest BCUT2D eigenvalue weighted by atomic mass is 35.5. The average Bonchev–Trinajstić information content (AvgIpc) is 3.41. The first-order chi connectivity index (χ1) is 20.6. The fourth-order valence-corrected chi connectivity index (χ4v) is 4.82. The molecular weight excluding hydrogens is 578 g/mol. The highest BCUT2D eigenvalue weighted by molar-refractivity contribution is 6.36. The number of esters is 1. The maximum absolute atomic E-state index is 12.8. The Morgan fingerprint density at radius 2 is 2.05 bits per heavy atom. The molecule has 0 saturated carbocycles. The van der Waals surface area contributed by atoms with Crippen molar-refractivity contribution in [1.82, 2.24) is 24.9 Å². The molecule has 1 saturated heterocycles. The van der Waals surface area contributed by atoms with E-state index in [1.807, 2.05) is 31.7 Å². The van der Waals surface area contributed by atoms with E-state index in [1.165, 1.54) is 17.8 Å².